The molecule has 214 valence electrons. The minimum atomic E-state index is -2.14. The van der Waals surface area contributed by atoms with Gasteiger partial charge in [-0.1, -0.05) is 47.6 Å². The largest absolute Gasteiger partial charge is 0.414 e. The van der Waals surface area contributed by atoms with Crippen molar-refractivity contribution in [1.82, 2.24) is 0 Å². The molecule has 1 fully saturated rings. The third-order valence-corrected chi connectivity index (χ3v) is 17.3. The van der Waals surface area contributed by atoms with Crippen molar-refractivity contribution in [3.63, 3.8) is 0 Å². The van der Waals surface area contributed by atoms with Gasteiger partial charge in [-0.25, -0.2) is 0 Å². The monoisotopic (exact) mass is 548 g/mol. The second-order valence-corrected chi connectivity index (χ2v) is 22.6. The number of rotatable bonds is 13. The number of hydrogen-bond donors (Lipinski definition) is 0. The lowest BCUT2D eigenvalue weighted by molar-refractivity contribution is -0.319. The standard InChI is InChI=1S/C27H56O7Si2/c1-16-17-20(33-25-24(30-11)23(29-10)22(28-9)19(2)32-25)21(34-36(14,15)27(6,7)8)18-31-35(12,13)26(3,4)5/h16,19-25H,1,17-18H2,2-15H3/t19-,20-,21+,22-,23+,24+,25-/m0/s1. The van der Waals surface area contributed by atoms with Crippen LogP contribution in [0.1, 0.15) is 54.9 Å². The van der Waals surface area contributed by atoms with Crippen molar-refractivity contribution >= 4 is 16.6 Å². The fraction of sp³-hybridized carbons (Fsp3) is 0.926. The minimum absolute atomic E-state index is 0.0404. The summed E-state index contributed by atoms with van der Waals surface area (Å²) in [5.74, 6) is 0. The lowest BCUT2D eigenvalue weighted by atomic mass is 9.99. The fourth-order valence-electron chi connectivity index (χ4n) is 3.84. The highest BCUT2D eigenvalue weighted by atomic mass is 28.4. The van der Waals surface area contributed by atoms with Gasteiger partial charge in [0, 0.05) is 21.3 Å². The second kappa shape index (κ2) is 13.3. The smallest absolute Gasteiger partial charge is 0.192 e. The molecule has 0 spiro atoms. The molecule has 1 aliphatic heterocycles. The molecule has 0 N–H and O–H groups in total. The Labute approximate surface area is 223 Å². The van der Waals surface area contributed by atoms with Gasteiger partial charge in [-0.3, -0.25) is 0 Å². The van der Waals surface area contributed by atoms with Crippen molar-refractivity contribution < 1.29 is 32.5 Å². The minimum Gasteiger partial charge on any atom is -0.414 e. The van der Waals surface area contributed by atoms with Crippen LogP contribution in [0.3, 0.4) is 0 Å². The van der Waals surface area contributed by atoms with Crippen LogP contribution in [0.4, 0.5) is 0 Å². The number of methoxy groups -OCH3 is 3. The van der Waals surface area contributed by atoms with Crippen LogP contribution in [-0.2, 0) is 32.5 Å². The van der Waals surface area contributed by atoms with Crippen LogP contribution >= 0.6 is 0 Å². The molecular formula is C27H56O7Si2. The summed E-state index contributed by atoms with van der Waals surface area (Å²) >= 11 is 0. The Balaban J connectivity index is 3.33. The van der Waals surface area contributed by atoms with Gasteiger partial charge in [0.05, 0.1) is 24.9 Å². The summed E-state index contributed by atoms with van der Waals surface area (Å²) in [6, 6.07) is 0. The summed E-state index contributed by atoms with van der Waals surface area (Å²) in [4.78, 5) is 0. The normalized spacial score (nSPS) is 28.1. The first-order chi connectivity index (χ1) is 16.4. The highest BCUT2D eigenvalue weighted by Crippen LogP contribution is 2.40. The molecule has 1 aliphatic rings. The fourth-order valence-corrected chi connectivity index (χ4v) is 6.18. The summed E-state index contributed by atoms with van der Waals surface area (Å²) in [5.41, 5.74) is 0. The van der Waals surface area contributed by atoms with Gasteiger partial charge in [-0.05, 0) is 49.6 Å². The summed E-state index contributed by atoms with van der Waals surface area (Å²) in [6.07, 6.45) is -0.0785. The first kappa shape index (κ1) is 33.9. The third kappa shape index (κ3) is 8.45. The lowest BCUT2D eigenvalue weighted by Crippen LogP contribution is -2.61. The lowest BCUT2D eigenvalue weighted by Gasteiger charge is -2.47. The van der Waals surface area contributed by atoms with Crippen molar-refractivity contribution in [3.05, 3.63) is 12.7 Å². The molecule has 1 saturated heterocycles. The molecule has 1 rings (SSSR count). The van der Waals surface area contributed by atoms with E-state index in [4.69, 9.17) is 32.5 Å². The van der Waals surface area contributed by atoms with E-state index in [0.717, 1.165) is 0 Å². The first-order valence-corrected chi connectivity index (χ1v) is 19.0. The molecule has 9 heteroatoms. The van der Waals surface area contributed by atoms with Crippen LogP contribution < -0.4 is 0 Å². The van der Waals surface area contributed by atoms with Crippen LogP contribution in [0.15, 0.2) is 12.7 Å². The molecule has 0 aromatic heterocycles. The predicted molar refractivity (Wildman–Crippen MR) is 152 cm³/mol. The van der Waals surface area contributed by atoms with Crippen LogP contribution in [0.5, 0.6) is 0 Å². The van der Waals surface area contributed by atoms with Gasteiger partial charge >= 0.3 is 0 Å². The molecule has 0 saturated carbocycles. The van der Waals surface area contributed by atoms with Crippen LogP contribution in [0, 0.1) is 0 Å². The van der Waals surface area contributed by atoms with Crippen LogP contribution in [0.2, 0.25) is 36.3 Å². The van der Waals surface area contributed by atoms with E-state index in [0.29, 0.717) is 13.0 Å². The second-order valence-electron chi connectivity index (χ2n) is 13.0. The van der Waals surface area contributed by atoms with E-state index in [9.17, 15) is 0 Å². The molecule has 0 aliphatic carbocycles. The molecule has 0 aromatic rings. The Bertz CT molecular complexity index is 672. The molecule has 0 amide bonds. The molecule has 0 unspecified atom stereocenters. The highest BCUT2D eigenvalue weighted by Gasteiger charge is 2.48. The van der Waals surface area contributed by atoms with Crippen molar-refractivity contribution in [2.75, 3.05) is 27.9 Å². The van der Waals surface area contributed by atoms with Gasteiger partial charge in [-0.2, -0.15) is 0 Å². The molecule has 0 radical (unpaired) electrons. The molecule has 0 aromatic carbocycles. The maximum Gasteiger partial charge on any atom is 0.192 e. The summed E-state index contributed by atoms with van der Waals surface area (Å²) in [6.45, 7) is 29.0. The van der Waals surface area contributed by atoms with Gasteiger partial charge in [-0.15, -0.1) is 6.58 Å². The number of ether oxygens (including phenoxy) is 5. The molecular weight excluding hydrogens is 492 g/mol. The zero-order valence-electron chi connectivity index (χ0n) is 25.6. The Hall–Kier alpha value is -0.106. The zero-order valence-corrected chi connectivity index (χ0v) is 27.6. The number of hydrogen-bond acceptors (Lipinski definition) is 7. The molecule has 0 bridgehead atoms. The van der Waals surface area contributed by atoms with Crippen LogP contribution in [0.25, 0.3) is 0 Å². The molecule has 1 heterocycles. The Morgan fingerprint density at radius 3 is 1.72 bits per heavy atom. The van der Waals surface area contributed by atoms with E-state index in [-0.39, 0.29) is 40.6 Å². The third-order valence-electron chi connectivity index (χ3n) is 8.33. The van der Waals surface area contributed by atoms with Gasteiger partial charge in [0.1, 0.15) is 18.3 Å². The van der Waals surface area contributed by atoms with Crippen molar-refractivity contribution in [2.45, 2.75) is 134 Å². The summed E-state index contributed by atoms with van der Waals surface area (Å²) < 4.78 is 43.9. The molecule has 7 nitrogen and oxygen atoms in total. The van der Waals surface area contributed by atoms with E-state index in [1.54, 1.807) is 21.3 Å². The predicted octanol–water partition coefficient (Wildman–Crippen LogP) is 6.15. The zero-order chi connectivity index (χ0) is 28.1. The Morgan fingerprint density at radius 2 is 1.31 bits per heavy atom. The van der Waals surface area contributed by atoms with Crippen molar-refractivity contribution in [1.29, 1.82) is 0 Å². The van der Waals surface area contributed by atoms with Crippen molar-refractivity contribution in [3.8, 4) is 0 Å². The maximum absolute atomic E-state index is 6.97. The van der Waals surface area contributed by atoms with E-state index in [1.165, 1.54) is 0 Å². The van der Waals surface area contributed by atoms with E-state index < -0.39 is 29.0 Å². The Morgan fingerprint density at radius 1 is 0.806 bits per heavy atom. The first-order valence-electron chi connectivity index (χ1n) is 13.2. The van der Waals surface area contributed by atoms with Gasteiger partial charge in [0.2, 0.25) is 0 Å². The quantitative estimate of drug-likeness (QED) is 0.202. The maximum atomic E-state index is 6.97. The summed E-state index contributed by atoms with van der Waals surface area (Å²) in [7, 11) is 0.816. The summed E-state index contributed by atoms with van der Waals surface area (Å²) in [5, 5.41) is 0.131. The van der Waals surface area contributed by atoms with Crippen molar-refractivity contribution in [2.24, 2.45) is 0 Å². The SMILES string of the molecule is C=CC[C@H](O[C@@H]1O[C@@H](C)[C@H](OC)[C@@H](OC)[C@H]1OC)[C@@H](CO[Si](C)(C)C(C)(C)C)O[Si](C)(C)C(C)(C)C. The van der Waals surface area contributed by atoms with E-state index >= 15 is 0 Å². The highest BCUT2D eigenvalue weighted by molar-refractivity contribution is 6.74. The Kier molecular flexibility index (Phi) is 12.5. The topological polar surface area (TPSA) is 64.6 Å². The van der Waals surface area contributed by atoms with Gasteiger partial charge in [0.25, 0.3) is 0 Å². The molecule has 7 atom stereocenters. The molecule has 36 heavy (non-hydrogen) atoms. The average molecular weight is 549 g/mol. The van der Waals surface area contributed by atoms with Gasteiger partial charge in [0.15, 0.2) is 22.9 Å². The van der Waals surface area contributed by atoms with Crippen LogP contribution in [-0.4, -0.2) is 87.5 Å². The van der Waals surface area contributed by atoms with Gasteiger partial charge < -0.3 is 32.5 Å². The van der Waals surface area contributed by atoms with E-state index in [1.807, 2.05) is 13.0 Å². The van der Waals surface area contributed by atoms with E-state index in [2.05, 4.69) is 74.3 Å². The average Bonchev–Trinajstić information content (AvgIpc) is 2.74.